The van der Waals surface area contributed by atoms with Crippen LogP contribution in [-0.2, 0) is 18.2 Å². The van der Waals surface area contributed by atoms with E-state index in [0.717, 1.165) is 38.2 Å². The molecule has 0 aliphatic carbocycles. The van der Waals surface area contributed by atoms with E-state index in [-0.39, 0.29) is 6.04 Å². The second-order valence-electron chi connectivity index (χ2n) is 4.65. The highest BCUT2D eigenvalue weighted by Gasteiger charge is 2.27. The monoisotopic (exact) mass is 238 g/mol. The number of hydrazine groups is 1. The topological polar surface area (TPSA) is 65.1 Å². The van der Waals surface area contributed by atoms with Crippen LogP contribution in [-0.4, -0.2) is 23.0 Å². The van der Waals surface area contributed by atoms with Crippen LogP contribution in [0.15, 0.2) is 6.20 Å². The van der Waals surface area contributed by atoms with Crippen molar-refractivity contribution in [3.05, 3.63) is 17.5 Å². The average molecular weight is 238 g/mol. The molecule has 5 nitrogen and oxygen atoms in total. The molecule has 96 valence electrons. The van der Waals surface area contributed by atoms with Gasteiger partial charge in [-0.2, -0.15) is 5.10 Å². The molecule has 1 aromatic heterocycles. The number of aromatic nitrogens is 2. The summed E-state index contributed by atoms with van der Waals surface area (Å²) in [4.78, 5) is 0. The van der Waals surface area contributed by atoms with Crippen LogP contribution in [0.2, 0.25) is 0 Å². The molecule has 1 aliphatic heterocycles. The zero-order valence-electron chi connectivity index (χ0n) is 10.6. The summed E-state index contributed by atoms with van der Waals surface area (Å²) in [5, 5.41) is 4.48. The number of rotatable bonds is 4. The van der Waals surface area contributed by atoms with Gasteiger partial charge >= 0.3 is 0 Å². The van der Waals surface area contributed by atoms with Gasteiger partial charge in [0.2, 0.25) is 0 Å². The van der Waals surface area contributed by atoms with Crippen LogP contribution in [0.1, 0.15) is 37.1 Å². The number of aryl methyl sites for hydroxylation is 2. The average Bonchev–Trinajstić information content (AvgIpc) is 2.73. The lowest BCUT2D eigenvalue weighted by Gasteiger charge is -2.29. The number of nitrogens with two attached hydrogens (primary N) is 1. The van der Waals surface area contributed by atoms with Crippen LogP contribution in [0.5, 0.6) is 0 Å². The number of nitrogens with zero attached hydrogens (tertiary/aromatic N) is 2. The highest BCUT2D eigenvalue weighted by molar-refractivity contribution is 5.22. The fraction of sp³-hybridized carbons (Fsp3) is 0.750. The quantitative estimate of drug-likeness (QED) is 0.604. The Labute approximate surface area is 102 Å². The Hall–Kier alpha value is -0.910. The summed E-state index contributed by atoms with van der Waals surface area (Å²) in [6.07, 6.45) is 5.15. The van der Waals surface area contributed by atoms with Gasteiger partial charge in [0.1, 0.15) is 0 Å². The first-order valence-corrected chi connectivity index (χ1v) is 6.32. The lowest BCUT2D eigenvalue weighted by Crippen LogP contribution is -2.36. The van der Waals surface area contributed by atoms with E-state index in [1.165, 1.54) is 5.56 Å². The van der Waals surface area contributed by atoms with Crippen molar-refractivity contribution in [1.29, 1.82) is 0 Å². The molecule has 0 aromatic carbocycles. The molecule has 1 unspecified atom stereocenters. The Morgan fingerprint density at radius 2 is 2.29 bits per heavy atom. The van der Waals surface area contributed by atoms with Gasteiger partial charge in [-0.15, -0.1) is 0 Å². The van der Waals surface area contributed by atoms with Crippen molar-refractivity contribution in [1.82, 2.24) is 15.2 Å². The normalized spacial score (nSPS) is 19.5. The van der Waals surface area contributed by atoms with E-state index in [1.54, 1.807) is 0 Å². The zero-order chi connectivity index (χ0) is 12.3. The van der Waals surface area contributed by atoms with Crippen molar-refractivity contribution in [2.75, 3.05) is 13.2 Å². The van der Waals surface area contributed by atoms with E-state index >= 15 is 0 Å². The molecular weight excluding hydrogens is 216 g/mol. The Bertz CT molecular complexity index is 357. The summed E-state index contributed by atoms with van der Waals surface area (Å²) in [6, 6.07) is 0.197. The Balaban J connectivity index is 2.20. The minimum atomic E-state index is 0.197. The maximum atomic E-state index is 5.74. The molecule has 5 heteroatoms. The maximum absolute atomic E-state index is 5.74. The minimum absolute atomic E-state index is 0.197. The van der Waals surface area contributed by atoms with Gasteiger partial charge in [-0.1, -0.05) is 6.92 Å². The van der Waals surface area contributed by atoms with Gasteiger partial charge in [0, 0.05) is 32.0 Å². The molecule has 1 saturated heterocycles. The van der Waals surface area contributed by atoms with Crippen LogP contribution >= 0.6 is 0 Å². The van der Waals surface area contributed by atoms with E-state index in [2.05, 4.69) is 23.6 Å². The zero-order valence-corrected chi connectivity index (χ0v) is 10.6. The van der Waals surface area contributed by atoms with Crippen LogP contribution in [0.25, 0.3) is 0 Å². The summed E-state index contributed by atoms with van der Waals surface area (Å²) in [6.45, 7) is 3.80. The van der Waals surface area contributed by atoms with E-state index in [9.17, 15) is 0 Å². The third-order valence-electron chi connectivity index (χ3n) is 3.52. The predicted molar refractivity (Wildman–Crippen MR) is 66.2 cm³/mol. The van der Waals surface area contributed by atoms with Crippen LogP contribution in [0, 0.1) is 5.92 Å². The molecule has 0 saturated carbocycles. The fourth-order valence-corrected chi connectivity index (χ4v) is 2.62. The van der Waals surface area contributed by atoms with Gasteiger partial charge < -0.3 is 4.74 Å². The fourth-order valence-electron chi connectivity index (χ4n) is 2.62. The van der Waals surface area contributed by atoms with Crippen molar-refractivity contribution >= 4 is 0 Å². The van der Waals surface area contributed by atoms with Crippen molar-refractivity contribution in [3.8, 4) is 0 Å². The molecular formula is C12H22N4O. The van der Waals surface area contributed by atoms with Crippen molar-refractivity contribution in [2.45, 2.75) is 32.2 Å². The van der Waals surface area contributed by atoms with E-state index in [1.807, 2.05) is 11.7 Å². The standard InChI is InChI=1S/C12H22N4O/c1-3-11-10(8-16(2)15-11)12(14-13)9-4-6-17-7-5-9/h8-9,12,14H,3-7,13H2,1-2H3. The van der Waals surface area contributed by atoms with Gasteiger partial charge in [-0.3, -0.25) is 16.0 Å². The van der Waals surface area contributed by atoms with Gasteiger partial charge in [-0.05, 0) is 25.2 Å². The molecule has 1 aliphatic rings. The van der Waals surface area contributed by atoms with E-state index in [4.69, 9.17) is 10.6 Å². The molecule has 17 heavy (non-hydrogen) atoms. The minimum Gasteiger partial charge on any atom is -0.381 e. The third kappa shape index (κ3) is 2.68. The maximum Gasteiger partial charge on any atom is 0.0670 e. The predicted octanol–water partition coefficient (Wildman–Crippen LogP) is 0.913. The van der Waals surface area contributed by atoms with Crippen LogP contribution < -0.4 is 11.3 Å². The van der Waals surface area contributed by atoms with Crippen molar-refractivity contribution in [3.63, 3.8) is 0 Å². The molecule has 0 amide bonds. The molecule has 0 spiro atoms. The van der Waals surface area contributed by atoms with E-state index < -0.39 is 0 Å². The molecule has 0 radical (unpaired) electrons. The highest BCUT2D eigenvalue weighted by Crippen LogP contribution is 2.31. The van der Waals surface area contributed by atoms with Gasteiger partial charge in [0.05, 0.1) is 11.7 Å². The van der Waals surface area contributed by atoms with Crippen LogP contribution in [0.3, 0.4) is 0 Å². The first-order chi connectivity index (χ1) is 8.26. The van der Waals surface area contributed by atoms with E-state index in [0.29, 0.717) is 5.92 Å². The van der Waals surface area contributed by atoms with Gasteiger partial charge in [0.15, 0.2) is 0 Å². The number of hydrogen-bond donors (Lipinski definition) is 2. The first-order valence-electron chi connectivity index (χ1n) is 6.32. The second kappa shape index (κ2) is 5.62. The number of ether oxygens (including phenoxy) is 1. The Morgan fingerprint density at radius 1 is 1.59 bits per heavy atom. The summed E-state index contributed by atoms with van der Waals surface area (Å²) in [7, 11) is 1.96. The largest absolute Gasteiger partial charge is 0.381 e. The first kappa shape index (κ1) is 12.5. The summed E-state index contributed by atoms with van der Waals surface area (Å²) >= 11 is 0. The summed E-state index contributed by atoms with van der Waals surface area (Å²) in [5.41, 5.74) is 5.35. The molecule has 1 aromatic rings. The Kier molecular flexibility index (Phi) is 4.15. The molecule has 1 fully saturated rings. The second-order valence-corrected chi connectivity index (χ2v) is 4.65. The lowest BCUT2D eigenvalue weighted by atomic mass is 9.87. The summed E-state index contributed by atoms with van der Waals surface area (Å²) < 4.78 is 7.28. The SMILES string of the molecule is CCc1nn(C)cc1C(NN)C1CCOCC1. The smallest absolute Gasteiger partial charge is 0.0670 e. The number of hydrogen-bond acceptors (Lipinski definition) is 4. The number of nitrogens with one attached hydrogen (secondary N) is 1. The Morgan fingerprint density at radius 3 is 2.88 bits per heavy atom. The van der Waals surface area contributed by atoms with Gasteiger partial charge in [0.25, 0.3) is 0 Å². The van der Waals surface area contributed by atoms with Crippen LogP contribution in [0.4, 0.5) is 0 Å². The van der Waals surface area contributed by atoms with Gasteiger partial charge in [-0.25, -0.2) is 0 Å². The highest BCUT2D eigenvalue weighted by atomic mass is 16.5. The van der Waals surface area contributed by atoms with Crippen molar-refractivity contribution in [2.24, 2.45) is 18.8 Å². The molecule has 1 atom stereocenters. The molecule has 3 N–H and O–H groups in total. The molecule has 0 bridgehead atoms. The summed E-state index contributed by atoms with van der Waals surface area (Å²) in [5.74, 6) is 6.29. The lowest BCUT2D eigenvalue weighted by molar-refractivity contribution is 0.0535. The molecule has 2 rings (SSSR count). The van der Waals surface area contributed by atoms with Crippen molar-refractivity contribution < 1.29 is 4.74 Å². The molecule has 2 heterocycles. The third-order valence-corrected chi connectivity index (χ3v) is 3.52.